The highest BCUT2D eigenvalue weighted by Crippen LogP contribution is 2.14. The van der Waals surface area contributed by atoms with Gasteiger partial charge in [0.25, 0.3) is 0 Å². The third-order valence-corrected chi connectivity index (χ3v) is 3.85. The second kappa shape index (κ2) is 6.39. The lowest BCUT2D eigenvalue weighted by Crippen LogP contribution is -2.26. The molecule has 0 amide bonds. The van der Waals surface area contributed by atoms with Gasteiger partial charge in [-0.1, -0.05) is 12.1 Å². The summed E-state index contributed by atoms with van der Waals surface area (Å²) < 4.78 is 8.32. The van der Waals surface area contributed by atoms with Crippen LogP contribution in [0.1, 0.15) is 18.1 Å². The normalized spacial score (nSPS) is 11.0. The molecule has 8 nitrogen and oxygen atoms in total. The Morgan fingerprint density at radius 1 is 1.20 bits per heavy atom. The minimum Gasteiger partial charge on any atom is -0.465 e. The van der Waals surface area contributed by atoms with E-state index in [1.807, 2.05) is 32.0 Å². The largest absolute Gasteiger partial charge is 0.465 e. The van der Waals surface area contributed by atoms with Gasteiger partial charge in [-0.25, -0.2) is 13.9 Å². The van der Waals surface area contributed by atoms with E-state index in [2.05, 4.69) is 5.10 Å². The molecule has 0 aliphatic rings. The van der Waals surface area contributed by atoms with Crippen LogP contribution >= 0.6 is 0 Å². The predicted octanol–water partition coefficient (Wildman–Crippen LogP) is 0.827. The number of carbonyl (C=O) groups excluding carboxylic acids is 1. The van der Waals surface area contributed by atoms with E-state index in [1.165, 1.54) is 17.0 Å². The number of carbonyl (C=O) groups is 1. The molecule has 3 rings (SSSR count). The van der Waals surface area contributed by atoms with E-state index in [4.69, 9.17) is 4.74 Å². The van der Waals surface area contributed by atoms with Gasteiger partial charge < -0.3 is 4.74 Å². The van der Waals surface area contributed by atoms with Crippen LogP contribution in [-0.2, 0) is 16.1 Å². The topological polar surface area (TPSA) is 87.6 Å². The zero-order valence-corrected chi connectivity index (χ0v) is 14.2. The lowest BCUT2D eigenvalue weighted by Gasteiger charge is -2.09. The summed E-state index contributed by atoms with van der Waals surface area (Å²) >= 11 is 0. The maximum absolute atomic E-state index is 12.8. The first-order chi connectivity index (χ1) is 11.9. The Balaban J connectivity index is 2.15. The summed E-state index contributed by atoms with van der Waals surface area (Å²) in [5.41, 5.74) is 1.62. The van der Waals surface area contributed by atoms with Crippen molar-refractivity contribution >= 4 is 11.6 Å². The van der Waals surface area contributed by atoms with Crippen molar-refractivity contribution in [2.45, 2.75) is 27.3 Å². The number of esters is 1. The molecular formula is C17H18N4O4. The number of aryl methyl sites for hydroxylation is 2. The molecule has 0 atom stereocenters. The van der Waals surface area contributed by atoms with Crippen molar-refractivity contribution in [3.63, 3.8) is 0 Å². The molecule has 0 bridgehead atoms. The van der Waals surface area contributed by atoms with Crippen LogP contribution in [0, 0.1) is 13.8 Å². The summed E-state index contributed by atoms with van der Waals surface area (Å²) in [6.45, 7) is 5.38. The van der Waals surface area contributed by atoms with Gasteiger partial charge in [0, 0.05) is 12.4 Å². The molecule has 0 aliphatic carbocycles. The molecule has 8 heteroatoms. The molecule has 25 heavy (non-hydrogen) atoms. The second-order valence-corrected chi connectivity index (χ2v) is 5.70. The van der Waals surface area contributed by atoms with Gasteiger partial charge in [0.15, 0.2) is 0 Å². The molecule has 0 unspecified atom stereocenters. The summed E-state index contributed by atoms with van der Waals surface area (Å²) in [6.07, 6.45) is 2.99. The maximum atomic E-state index is 12.8. The number of ether oxygens (including phenoxy) is 1. The average Bonchev–Trinajstić information content (AvgIpc) is 2.88. The smallest absolute Gasteiger partial charge is 0.351 e. The molecule has 0 saturated carbocycles. The van der Waals surface area contributed by atoms with Crippen LogP contribution in [0.3, 0.4) is 0 Å². The van der Waals surface area contributed by atoms with Crippen LogP contribution in [0.2, 0.25) is 0 Å². The van der Waals surface area contributed by atoms with E-state index in [0.717, 1.165) is 25.9 Å². The minimum absolute atomic E-state index is 0.0438. The van der Waals surface area contributed by atoms with Gasteiger partial charge in [0.2, 0.25) is 5.65 Å². The van der Waals surface area contributed by atoms with E-state index >= 15 is 0 Å². The standard InChI is InChI=1S/C17H18N4O4/c1-4-25-14(22)10-21-17(24)20-8-7-19(16(23)15(20)18-21)13-9-11(2)5-6-12(13)3/h5-9H,4,10H2,1-3H3. The molecule has 0 N–H and O–H groups in total. The molecule has 0 spiro atoms. The molecule has 2 aromatic heterocycles. The third-order valence-electron chi connectivity index (χ3n) is 3.85. The second-order valence-electron chi connectivity index (χ2n) is 5.70. The lowest BCUT2D eigenvalue weighted by molar-refractivity contribution is -0.144. The first-order valence-corrected chi connectivity index (χ1v) is 7.86. The highest BCUT2D eigenvalue weighted by Gasteiger charge is 2.15. The average molecular weight is 342 g/mol. The Morgan fingerprint density at radius 2 is 1.96 bits per heavy atom. The number of rotatable bonds is 4. The number of fused-ring (bicyclic) bond motifs is 1. The Hall–Kier alpha value is -3.16. The fourth-order valence-electron chi connectivity index (χ4n) is 2.61. The molecule has 0 aliphatic heterocycles. The van der Waals surface area contributed by atoms with Crippen LogP contribution in [-0.4, -0.2) is 31.3 Å². The van der Waals surface area contributed by atoms with Crippen molar-refractivity contribution in [1.29, 1.82) is 0 Å². The van der Waals surface area contributed by atoms with Crippen molar-refractivity contribution in [2.75, 3.05) is 6.61 Å². The van der Waals surface area contributed by atoms with Gasteiger partial charge in [-0.2, -0.15) is 0 Å². The van der Waals surface area contributed by atoms with Gasteiger partial charge in [-0.3, -0.25) is 14.2 Å². The molecule has 0 radical (unpaired) electrons. The highest BCUT2D eigenvalue weighted by atomic mass is 16.5. The number of hydrogen-bond acceptors (Lipinski definition) is 5. The van der Waals surface area contributed by atoms with Crippen molar-refractivity contribution in [1.82, 2.24) is 18.7 Å². The zero-order chi connectivity index (χ0) is 18.1. The number of aromatic nitrogens is 4. The fraction of sp³-hybridized carbons (Fsp3) is 0.294. The fourth-order valence-corrected chi connectivity index (χ4v) is 2.61. The number of nitrogens with zero attached hydrogens (tertiary/aromatic N) is 4. The predicted molar refractivity (Wildman–Crippen MR) is 91.2 cm³/mol. The molecule has 0 fully saturated rings. The molecule has 3 aromatic rings. The van der Waals surface area contributed by atoms with Crippen LogP contribution in [0.4, 0.5) is 0 Å². The van der Waals surface area contributed by atoms with Gasteiger partial charge in [-0.15, -0.1) is 5.10 Å². The molecule has 0 saturated heterocycles. The van der Waals surface area contributed by atoms with Crippen LogP contribution in [0.25, 0.3) is 11.3 Å². The van der Waals surface area contributed by atoms with Gasteiger partial charge >= 0.3 is 17.2 Å². The van der Waals surface area contributed by atoms with E-state index in [1.54, 1.807) is 6.92 Å². The summed E-state index contributed by atoms with van der Waals surface area (Å²) in [6, 6.07) is 5.77. The van der Waals surface area contributed by atoms with Crippen molar-refractivity contribution in [2.24, 2.45) is 0 Å². The molecule has 130 valence electrons. The van der Waals surface area contributed by atoms with E-state index in [9.17, 15) is 14.4 Å². The Bertz CT molecular complexity index is 1070. The minimum atomic E-state index is -0.581. The Labute approximate surface area is 142 Å². The summed E-state index contributed by atoms with van der Waals surface area (Å²) in [4.78, 5) is 36.7. The van der Waals surface area contributed by atoms with Crippen molar-refractivity contribution < 1.29 is 9.53 Å². The highest BCUT2D eigenvalue weighted by molar-refractivity contribution is 5.69. The lowest BCUT2D eigenvalue weighted by atomic mass is 10.1. The first kappa shape index (κ1) is 16.7. The van der Waals surface area contributed by atoms with E-state index in [0.29, 0.717) is 0 Å². The number of hydrogen-bond donors (Lipinski definition) is 0. The van der Waals surface area contributed by atoms with Crippen LogP contribution in [0.15, 0.2) is 40.2 Å². The monoisotopic (exact) mass is 342 g/mol. The molecule has 1 aromatic carbocycles. The zero-order valence-electron chi connectivity index (χ0n) is 14.2. The summed E-state index contributed by atoms with van der Waals surface area (Å²) in [5.74, 6) is -0.581. The molecular weight excluding hydrogens is 324 g/mol. The van der Waals surface area contributed by atoms with E-state index < -0.39 is 17.2 Å². The summed E-state index contributed by atoms with van der Waals surface area (Å²) in [5, 5.41) is 4.01. The first-order valence-electron chi connectivity index (χ1n) is 7.86. The summed E-state index contributed by atoms with van der Waals surface area (Å²) in [7, 11) is 0. The maximum Gasteiger partial charge on any atom is 0.351 e. The Morgan fingerprint density at radius 3 is 2.68 bits per heavy atom. The van der Waals surface area contributed by atoms with E-state index in [-0.39, 0.29) is 18.8 Å². The van der Waals surface area contributed by atoms with Gasteiger partial charge in [-0.05, 0) is 38.0 Å². The number of benzene rings is 1. The van der Waals surface area contributed by atoms with Gasteiger partial charge in [0.1, 0.15) is 6.54 Å². The third kappa shape index (κ3) is 2.98. The SMILES string of the molecule is CCOC(=O)Cn1nc2c(=O)n(-c3cc(C)ccc3C)ccn2c1=O. The van der Waals surface area contributed by atoms with Crippen molar-refractivity contribution in [3.8, 4) is 5.69 Å². The Kier molecular flexibility index (Phi) is 4.26. The van der Waals surface area contributed by atoms with Gasteiger partial charge in [0.05, 0.1) is 12.3 Å². The van der Waals surface area contributed by atoms with Crippen molar-refractivity contribution in [3.05, 3.63) is 62.6 Å². The quantitative estimate of drug-likeness (QED) is 0.655. The molecule has 2 heterocycles. The van der Waals surface area contributed by atoms with Crippen LogP contribution in [0.5, 0.6) is 0 Å². The van der Waals surface area contributed by atoms with Crippen LogP contribution < -0.4 is 11.2 Å².